The molecule has 1 amide bonds. The Morgan fingerprint density at radius 3 is 2.55 bits per heavy atom. The SMILES string of the molecule is Cn1ccc(-c2cc(-c3ccc(F)cc3)ncc2C2CC(CO)N(C(=O)OC(C)(C)C)C2)n1. The van der Waals surface area contributed by atoms with Crippen molar-refractivity contribution in [3.63, 3.8) is 0 Å². The topological polar surface area (TPSA) is 80.5 Å². The molecule has 2 unspecified atom stereocenters. The number of hydrogen-bond acceptors (Lipinski definition) is 5. The maximum Gasteiger partial charge on any atom is 0.410 e. The minimum Gasteiger partial charge on any atom is -0.444 e. The monoisotopic (exact) mass is 452 g/mol. The van der Waals surface area contributed by atoms with Crippen molar-refractivity contribution in [2.24, 2.45) is 7.05 Å². The average molecular weight is 453 g/mol. The zero-order chi connectivity index (χ0) is 23.8. The van der Waals surface area contributed by atoms with Gasteiger partial charge in [0.2, 0.25) is 0 Å². The summed E-state index contributed by atoms with van der Waals surface area (Å²) in [6.07, 6.45) is 3.84. The van der Waals surface area contributed by atoms with Crippen LogP contribution in [0.5, 0.6) is 0 Å². The van der Waals surface area contributed by atoms with Crippen LogP contribution in [-0.4, -0.2) is 55.7 Å². The van der Waals surface area contributed by atoms with E-state index in [2.05, 4.69) is 10.1 Å². The van der Waals surface area contributed by atoms with E-state index < -0.39 is 11.7 Å². The smallest absolute Gasteiger partial charge is 0.410 e. The molecule has 1 aliphatic heterocycles. The highest BCUT2D eigenvalue weighted by Crippen LogP contribution is 2.38. The van der Waals surface area contributed by atoms with Crippen LogP contribution in [0.2, 0.25) is 0 Å². The molecule has 3 heterocycles. The van der Waals surface area contributed by atoms with Gasteiger partial charge < -0.3 is 14.7 Å². The molecule has 1 aliphatic rings. The van der Waals surface area contributed by atoms with Crippen LogP contribution in [0.4, 0.5) is 9.18 Å². The molecule has 3 aromatic rings. The summed E-state index contributed by atoms with van der Waals surface area (Å²) in [5.74, 6) is -0.343. The van der Waals surface area contributed by atoms with Crippen molar-refractivity contribution in [1.82, 2.24) is 19.7 Å². The third-order valence-corrected chi connectivity index (χ3v) is 5.76. The Bertz CT molecular complexity index is 1140. The fourth-order valence-electron chi connectivity index (χ4n) is 4.21. The number of aryl methyl sites for hydroxylation is 1. The standard InChI is InChI=1S/C25H29FN4O3/c1-25(2,3)33-24(32)30-14-17(11-19(30)15-31)21-13-27-23(16-5-7-18(26)8-6-16)12-20(21)22-9-10-29(4)28-22/h5-10,12-13,17,19,31H,11,14-15H2,1-4H3. The summed E-state index contributed by atoms with van der Waals surface area (Å²) in [6.45, 7) is 5.74. The predicted molar refractivity (Wildman–Crippen MR) is 123 cm³/mol. The molecule has 1 saturated heterocycles. The van der Waals surface area contributed by atoms with Crippen LogP contribution in [0.3, 0.4) is 0 Å². The molecule has 8 heteroatoms. The number of amides is 1. The van der Waals surface area contributed by atoms with Crippen LogP contribution >= 0.6 is 0 Å². The fourth-order valence-corrected chi connectivity index (χ4v) is 4.21. The summed E-state index contributed by atoms with van der Waals surface area (Å²) in [4.78, 5) is 19.0. The number of benzene rings is 1. The summed E-state index contributed by atoms with van der Waals surface area (Å²) in [5.41, 5.74) is 3.53. The first-order valence-corrected chi connectivity index (χ1v) is 11.0. The lowest BCUT2D eigenvalue weighted by molar-refractivity contribution is 0.0174. The molecular formula is C25H29FN4O3. The van der Waals surface area contributed by atoms with Gasteiger partial charge in [-0.1, -0.05) is 0 Å². The first-order valence-electron chi connectivity index (χ1n) is 11.0. The van der Waals surface area contributed by atoms with E-state index in [1.807, 2.05) is 46.1 Å². The van der Waals surface area contributed by atoms with Crippen molar-refractivity contribution in [1.29, 1.82) is 0 Å². The van der Waals surface area contributed by atoms with Gasteiger partial charge in [-0.3, -0.25) is 9.67 Å². The number of carbonyl (C=O) groups excluding carboxylic acids is 1. The summed E-state index contributed by atoms with van der Waals surface area (Å²) in [7, 11) is 1.85. The molecule has 2 atom stereocenters. The summed E-state index contributed by atoms with van der Waals surface area (Å²) < 4.78 is 20.7. The number of pyridine rings is 1. The fraction of sp³-hybridized carbons (Fsp3) is 0.400. The lowest BCUT2D eigenvalue weighted by Gasteiger charge is -2.27. The number of aromatic nitrogens is 3. The van der Waals surface area contributed by atoms with E-state index in [0.29, 0.717) is 18.7 Å². The van der Waals surface area contributed by atoms with E-state index in [0.717, 1.165) is 22.4 Å². The third-order valence-electron chi connectivity index (χ3n) is 5.76. The minimum atomic E-state index is -0.618. The van der Waals surface area contributed by atoms with Gasteiger partial charge in [-0.05, 0) is 69.2 Å². The molecule has 2 aromatic heterocycles. The molecule has 174 valence electrons. The lowest BCUT2D eigenvalue weighted by Crippen LogP contribution is -2.41. The Morgan fingerprint density at radius 2 is 1.94 bits per heavy atom. The molecule has 0 spiro atoms. The quantitative estimate of drug-likeness (QED) is 0.636. The zero-order valence-corrected chi connectivity index (χ0v) is 19.3. The highest BCUT2D eigenvalue weighted by atomic mass is 19.1. The van der Waals surface area contributed by atoms with Crippen LogP contribution in [0.1, 0.15) is 38.7 Å². The molecule has 0 radical (unpaired) electrons. The van der Waals surface area contributed by atoms with Gasteiger partial charge in [-0.2, -0.15) is 5.10 Å². The minimum absolute atomic E-state index is 0.0403. The summed E-state index contributed by atoms with van der Waals surface area (Å²) >= 11 is 0. The Kier molecular flexibility index (Phi) is 6.21. The second kappa shape index (κ2) is 8.94. The predicted octanol–water partition coefficient (Wildman–Crippen LogP) is 4.37. The largest absolute Gasteiger partial charge is 0.444 e. The first kappa shape index (κ1) is 22.9. The van der Waals surface area contributed by atoms with E-state index in [9.17, 15) is 14.3 Å². The van der Waals surface area contributed by atoms with Crippen molar-refractivity contribution >= 4 is 6.09 Å². The number of carbonyl (C=O) groups is 1. The second-order valence-electron chi connectivity index (χ2n) is 9.44. The van der Waals surface area contributed by atoms with Gasteiger partial charge in [0.05, 0.1) is 24.0 Å². The third kappa shape index (κ3) is 5.06. The first-order chi connectivity index (χ1) is 15.6. The summed E-state index contributed by atoms with van der Waals surface area (Å²) in [5, 5.41) is 14.5. The number of halogens is 1. The molecule has 1 fully saturated rings. The van der Waals surface area contributed by atoms with Gasteiger partial charge in [-0.25, -0.2) is 9.18 Å². The molecule has 0 aliphatic carbocycles. The van der Waals surface area contributed by atoms with Gasteiger partial charge in [0.15, 0.2) is 0 Å². The number of ether oxygens (including phenoxy) is 1. The Hall–Kier alpha value is -3.26. The summed E-state index contributed by atoms with van der Waals surface area (Å²) in [6, 6.07) is 9.76. The number of aliphatic hydroxyl groups excluding tert-OH is 1. The highest BCUT2D eigenvalue weighted by molar-refractivity contribution is 5.73. The number of nitrogens with zero attached hydrogens (tertiary/aromatic N) is 4. The van der Waals surface area contributed by atoms with E-state index in [1.165, 1.54) is 12.1 Å². The van der Waals surface area contributed by atoms with Crippen molar-refractivity contribution < 1.29 is 19.0 Å². The van der Waals surface area contributed by atoms with Crippen LogP contribution in [0.15, 0.2) is 48.8 Å². The van der Waals surface area contributed by atoms with Crippen LogP contribution in [-0.2, 0) is 11.8 Å². The van der Waals surface area contributed by atoms with Gasteiger partial charge in [-0.15, -0.1) is 0 Å². The maximum absolute atomic E-state index is 13.4. The van der Waals surface area contributed by atoms with E-state index in [-0.39, 0.29) is 24.4 Å². The number of likely N-dealkylation sites (tertiary alicyclic amines) is 1. The van der Waals surface area contributed by atoms with Crippen molar-refractivity contribution in [2.45, 2.75) is 44.8 Å². The van der Waals surface area contributed by atoms with E-state index in [1.54, 1.807) is 27.9 Å². The van der Waals surface area contributed by atoms with Gasteiger partial charge in [0.1, 0.15) is 11.4 Å². The van der Waals surface area contributed by atoms with Crippen molar-refractivity contribution in [2.75, 3.05) is 13.2 Å². The second-order valence-corrected chi connectivity index (χ2v) is 9.44. The highest BCUT2D eigenvalue weighted by Gasteiger charge is 2.39. The van der Waals surface area contributed by atoms with Gasteiger partial charge in [0.25, 0.3) is 0 Å². The molecule has 7 nitrogen and oxygen atoms in total. The van der Waals surface area contributed by atoms with Gasteiger partial charge in [0, 0.05) is 43.0 Å². The lowest BCUT2D eigenvalue weighted by atomic mass is 9.91. The van der Waals surface area contributed by atoms with Gasteiger partial charge >= 0.3 is 6.09 Å². The molecule has 4 rings (SSSR count). The zero-order valence-electron chi connectivity index (χ0n) is 19.3. The molecule has 1 aromatic carbocycles. The number of rotatable bonds is 4. The van der Waals surface area contributed by atoms with Crippen molar-refractivity contribution in [3.05, 3.63) is 60.2 Å². The number of aliphatic hydroxyl groups is 1. The molecule has 1 N–H and O–H groups in total. The number of hydrogen-bond donors (Lipinski definition) is 1. The van der Waals surface area contributed by atoms with E-state index in [4.69, 9.17) is 4.74 Å². The Balaban J connectivity index is 1.71. The molecular weight excluding hydrogens is 423 g/mol. The van der Waals surface area contributed by atoms with Crippen LogP contribution in [0.25, 0.3) is 22.5 Å². The Morgan fingerprint density at radius 1 is 1.21 bits per heavy atom. The van der Waals surface area contributed by atoms with Crippen LogP contribution in [0, 0.1) is 5.82 Å². The molecule has 33 heavy (non-hydrogen) atoms. The average Bonchev–Trinajstić information content (AvgIpc) is 3.39. The van der Waals surface area contributed by atoms with Crippen LogP contribution < -0.4 is 0 Å². The molecule has 0 bridgehead atoms. The van der Waals surface area contributed by atoms with E-state index >= 15 is 0 Å². The normalized spacial score (nSPS) is 18.5. The molecule has 0 saturated carbocycles. The van der Waals surface area contributed by atoms with Crippen molar-refractivity contribution in [3.8, 4) is 22.5 Å². The Labute approximate surface area is 192 Å². The maximum atomic E-state index is 13.4.